The molecular weight excluding hydrogens is 433 g/mol. The third-order valence-electron chi connectivity index (χ3n) is 5.83. The first-order valence-electron chi connectivity index (χ1n) is 11.2. The van der Waals surface area contributed by atoms with E-state index in [-0.39, 0.29) is 17.8 Å². The van der Waals surface area contributed by atoms with Gasteiger partial charge < -0.3 is 18.9 Å². The first-order chi connectivity index (χ1) is 15.6. The number of carbonyl (C=O) groups excluding carboxylic acids is 1. The number of carbonyl (C=O) groups is 1. The largest absolute Gasteiger partial charge is 0.379 e. The highest BCUT2D eigenvalue weighted by Gasteiger charge is 2.24. The lowest BCUT2D eigenvalue weighted by Gasteiger charge is -2.32. The Morgan fingerprint density at radius 1 is 1.12 bits per heavy atom. The Labute approximate surface area is 192 Å². The van der Waals surface area contributed by atoms with E-state index in [1.165, 1.54) is 23.9 Å². The fraction of sp³-hybridized carbons (Fsp3) is 0.591. The first kappa shape index (κ1) is 23.2. The second kappa shape index (κ2) is 11.2. The van der Waals surface area contributed by atoms with E-state index in [1.54, 1.807) is 12.1 Å². The van der Waals surface area contributed by atoms with Crippen LogP contribution in [0.5, 0.6) is 0 Å². The highest BCUT2D eigenvalue weighted by atomic mass is 32.2. The van der Waals surface area contributed by atoms with Crippen molar-refractivity contribution in [2.75, 3.05) is 58.3 Å². The zero-order valence-corrected chi connectivity index (χ0v) is 19.2. The monoisotopic (exact) mass is 463 g/mol. The van der Waals surface area contributed by atoms with Crippen molar-refractivity contribution in [3.05, 3.63) is 30.1 Å². The number of amides is 1. The third kappa shape index (κ3) is 5.86. The zero-order valence-electron chi connectivity index (χ0n) is 18.4. The van der Waals surface area contributed by atoms with Crippen molar-refractivity contribution in [1.82, 2.24) is 24.6 Å². The molecule has 1 unspecified atom stereocenters. The van der Waals surface area contributed by atoms with E-state index in [0.29, 0.717) is 43.0 Å². The van der Waals surface area contributed by atoms with Gasteiger partial charge in [-0.2, -0.15) is 0 Å². The van der Waals surface area contributed by atoms with E-state index >= 15 is 0 Å². The number of hydrogen-bond donors (Lipinski definition) is 0. The maximum atomic E-state index is 13.4. The lowest BCUT2D eigenvalue weighted by atomic mass is 10.2. The molecule has 2 aliphatic heterocycles. The van der Waals surface area contributed by atoms with Crippen LogP contribution in [-0.2, 0) is 20.8 Å². The fourth-order valence-corrected chi connectivity index (χ4v) is 4.75. The van der Waals surface area contributed by atoms with E-state index < -0.39 is 0 Å². The van der Waals surface area contributed by atoms with Gasteiger partial charge in [0.25, 0.3) is 0 Å². The molecule has 174 valence electrons. The molecule has 2 saturated heterocycles. The molecule has 32 heavy (non-hydrogen) atoms. The van der Waals surface area contributed by atoms with Crippen LogP contribution >= 0.6 is 11.8 Å². The highest BCUT2D eigenvalue weighted by Crippen LogP contribution is 2.25. The molecule has 10 heteroatoms. The molecule has 2 aromatic rings. The first-order valence-corrected chi connectivity index (χ1v) is 12.1. The van der Waals surface area contributed by atoms with Gasteiger partial charge in [-0.3, -0.25) is 9.69 Å². The van der Waals surface area contributed by atoms with Crippen molar-refractivity contribution < 1.29 is 18.7 Å². The van der Waals surface area contributed by atoms with Gasteiger partial charge >= 0.3 is 0 Å². The summed E-state index contributed by atoms with van der Waals surface area (Å²) in [6, 6.07) is 6.27. The predicted octanol–water partition coefficient (Wildman–Crippen LogP) is 2.15. The van der Waals surface area contributed by atoms with Crippen LogP contribution in [-0.4, -0.2) is 94.9 Å². The normalized spacial score (nSPS) is 19.9. The van der Waals surface area contributed by atoms with Gasteiger partial charge in [0.2, 0.25) is 5.91 Å². The summed E-state index contributed by atoms with van der Waals surface area (Å²) in [6.07, 6.45) is 1.01. The minimum Gasteiger partial charge on any atom is -0.379 e. The van der Waals surface area contributed by atoms with Gasteiger partial charge in [0.15, 0.2) is 11.0 Å². The second-order valence-corrected chi connectivity index (χ2v) is 8.89. The molecule has 1 aromatic heterocycles. The molecule has 0 radical (unpaired) electrons. The summed E-state index contributed by atoms with van der Waals surface area (Å²) in [6.45, 7) is 8.70. The lowest BCUT2D eigenvalue weighted by Crippen LogP contribution is -2.46. The lowest BCUT2D eigenvalue weighted by molar-refractivity contribution is -0.135. The molecule has 8 nitrogen and oxygen atoms in total. The predicted molar refractivity (Wildman–Crippen MR) is 120 cm³/mol. The molecule has 0 N–H and O–H groups in total. The number of halogens is 1. The Morgan fingerprint density at radius 3 is 2.66 bits per heavy atom. The van der Waals surface area contributed by atoms with Crippen molar-refractivity contribution in [2.45, 2.75) is 31.1 Å². The van der Waals surface area contributed by atoms with Crippen LogP contribution in [0.25, 0.3) is 11.4 Å². The zero-order chi connectivity index (χ0) is 22.3. The van der Waals surface area contributed by atoms with Gasteiger partial charge in [-0.25, -0.2) is 4.39 Å². The number of nitrogens with zero attached hydrogens (tertiary/aromatic N) is 5. The molecule has 0 aliphatic carbocycles. The topological polar surface area (TPSA) is 72.7 Å². The number of ether oxygens (including phenoxy) is 2. The van der Waals surface area contributed by atoms with E-state index in [4.69, 9.17) is 9.47 Å². The van der Waals surface area contributed by atoms with E-state index in [0.717, 1.165) is 44.8 Å². The molecule has 4 rings (SSSR count). The molecule has 2 aliphatic rings. The Morgan fingerprint density at radius 2 is 1.91 bits per heavy atom. The van der Waals surface area contributed by atoms with Crippen LogP contribution in [0.15, 0.2) is 29.4 Å². The summed E-state index contributed by atoms with van der Waals surface area (Å²) < 4.78 is 26.6. The molecule has 3 heterocycles. The average Bonchev–Trinajstić information content (AvgIpc) is 3.25. The number of thioether (sulfide) groups is 1. The smallest absolute Gasteiger partial charge is 0.233 e. The van der Waals surface area contributed by atoms with Crippen LogP contribution in [0.4, 0.5) is 4.39 Å². The van der Waals surface area contributed by atoms with Crippen molar-refractivity contribution in [3.8, 4) is 11.4 Å². The fourth-order valence-electron chi connectivity index (χ4n) is 3.89. The number of aromatic nitrogens is 3. The Hall–Kier alpha value is -2.01. The van der Waals surface area contributed by atoms with Crippen LogP contribution in [0.1, 0.15) is 13.3 Å². The Bertz CT molecular complexity index is 888. The molecule has 1 atom stereocenters. The minimum absolute atomic E-state index is 0.0859. The van der Waals surface area contributed by atoms with Crippen molar-refractivity contribution in [2.24, 2.45) is 0 Å². The maximum Gasteiger partial charge on any atom is 0.233 e. The summed E-state index contributed by atoms with van der Waals surface area (Å²) in [5.74, 6) is 0.785. The summed E-state index contributed by atoms with van der Waals surface area (Å²) in [4.78, 5) is 17.0. The van der Waals surface area contributed by atoms with Gasteiger partial charge in [0.05, 0.1) is 31.7 Å². The summed E-state index contributed by atoms with van der Waals surface area (Å²) in [5, 5.41) is 9.45. The molecule has 0 saturated carbocycles. The second-order valence-electron chi connectivity index (χ2n) is 7.95. The Balaban J connectivity index is 1.46. The molecular formula is C22H30FN5O3S. The molecule has 0 bridgehead atoms. The molecule has 1 amide bonds. The standard InChI is InChI=1S/C22H30FN5O3S/c1-2-19-15-27(11-14-31-19)20(29)16-32-22-25-24-21(17-3-5-18(23)6-4-17)28(22)8-7-26-9-12-30-13-10-26/h3-6,19H,2,7-16H2,1H3. The van der Waals surface area contributed by atoms with E-state index in [1.807, 2.05) is 9.47 Å². The van der Waals surface area contributed by atoms with Crippen molar-refractivity contribution >= 4 is 17.7 Å². The SMILES string of the molecule is CCC1CN(C(=O)CSc2nnc(-c3ccc(F)cc3)n2CCN2CCOCC2)CCO1. The van der Waals surface area contributed by atoms with Gasteiger partial charge in [-0.1, -0.05) is 18.7 Å². The van der Waals surface area contributed by atoms with Gasteiger partial charge in [-0.15, -0.1) is 10.2 Å². The number of rotatable bonds is 8. The third-order valence-corrected chi connectivity index (χ3v) is 6.79. The Kier molecular flexibility index (Phi) is 8.12. The number of hydrogen-bond acceptors (Lipinski definition) is 7. The van der Waals surface area contributed by atoms with Crippen molar-refractivity contribution in [3.63, 3.8) is 0 Å². The van der Waals surface area contributed by atoms with Crippen LogP contribution in [0.2, 0.25) is 0 Å². The van der Waals surface area contributed by atoms with Gasteiger partial charge in [-0.05, 0) is 30.7 Å². The van der Waals surface area contributed by atoms with Crippen LogP contribution in [0.3, 0.4) is 0 Å². The molecule has 2 fully saturated rings. The number of benzene rings is 1. The quantitative estimate of drug-likeness (QED) is 0.556. The molecule has 0 spiro atoms. The summed E-state index contributed by atoms with van der Waals surface area (Å²) in [5.41, 5.74) is 0.804. The van der Waals surface area contributed by atoms with Crippen LogP contribution in [0, 0.1) is 5.82 Å². The highest BCUT2D eigenvalue weighted by molar-refractivity contribution is 7.99. The minimum atomic E-state index is -0.288. The van der Waals surface area contributed by atoms with Gasteiger partial charge in [0.1, 0.15) is 5.82 Å². The van der Waals surface area contributed by atoms with Crippen molar-refractivity contribution in [1.29, 1.82) is 0 Å². The summed E-state index contributed by atoms with van der Waals surface area (Å²) in [7, 11) is 0. The average molecular weight is 464 g/mol. The van der Waals surface area contributed by atoms with Crippen LogP contribution < -0.4 is 0 Å². The maximum absolute atomic E-state index is 13.4. The van der Waals surface area contributed by atoms with Gasteiger partial charge in [0, 0.05) is 44.8 Å². The van der Waals surface area contributed by atoms with E-state index in [2.05, 4.69) is 22.0 Å². The molecule has 1 aromatic carbocycles. The summed E-state index contributed by atoms with van der Waals surface area (Å²) >= 11 is 1.40. The van der Waals surface area contributed by atoms with E-state index in [9.17, 15) is 9.18 Å². The number of morpholine rings is 2.